The molecule has 3 aromatic rings. The summed E-state index contributed by atoms with van der Waals surface area (Å²) in [5.41, 5.74) is 6.90. The third-order valence-electron chi connectivity index (χ3n) is 4.59. The Bertz CT molecular complexity index is 1190. The predicted molar refractivity (Wildman–Crippen MR) is 130 cm³/mol. The largest absolute Gasteiger partial charge is 0.497 e. The van der Waals surface area contributed by atoms with Crippen molar-refractivity contribution in [1.82, 2.24) is 10.9 Å². The van der Waals surface area contributed by atoms with E-state index in [1.807, 2.05) is 0 Å². The number of nitrogens with zero attached hydrogens (tertiary/aromatic N) is 1. The van der Waals surface area contributed by atoms with Crippen LogP contribution in [0.25, 0.3) is 0 Å². The second kappa shape index (κ2) is 11.5. The van der Waals surface area contributed by atoms with Crippen molar-refractivity contribution in [2.45, 2.75) is 6.61 Å². The maximum atomic E-state index is 12.5. The van der Waals surface area contributed by atoms with Crippen LogP contribution in [0.3, 0.4) is 0 Å². The van der Waals surface area contributed by atoms with Gasteiger partial charge >= 0.3 is 0 Å². The van der Waals surface area contributed by atoms with E-state index in [0.29, 0.717) is 28.5 Å². The fraction of sp³-hybridized carbons (Fsp3) is 0.130. The Morgan fingerprint density at radius 2 is 1.71 bits per heavy atom. The fourth-order valence-electron chi connectivity index (χ4n) is 2.87. The van der Waals surface area contributed by atoms with Crippen molar-refractivity contribution < 1.29 is 23.9 Å². The van der Waals surface area contributed by atoms with Gasteiger partial charge in [-0.1, -0.05) is 12.1 Å². The number of benzene rings is 3. The van der Waals surface area contributed by atoms with Crippen LogP contribution in [-0.4, -0.2) is 30.2 Å². The van der Waals surface area contributed by atoms with Gasteiger partial charge in [0.05, 0.1) is 24.8 Å². The van der Waals surface area contributed by atoms with Gasteiger partial charge in [0.2, 0.25) is 0 Å². The highest BCUT2D eigenvalue weighted by molar-refractivity contribution is 7.80. The predicted octanol–water partition coefficient (Wildman–Crippen LogP) is 3.82. The Hall–Kier alpha value is -4.38. The van der Waals surface area contributed by atoms with Gasteiger partial charge < -0.3 is 19.5 Å². The average Bonchev–Trinajstić information content (AvgIpc) is 2.86. The highest BCUT2D eigenvalue weighted by Gasteiger charge is 2.10. The second-order valence-electron chi connectivity index (χ2n) is 6.84. The van der Waals surface area contributed by atoms with Gasteiger partial charge in [-0.15, -0.1) is 0 Å². The van der Waals surface area contributed by atoms with Crippen LogP contribution in [0.5, 0.6) is 17.2 Å². The van der Waals surface area contributed by atoms with E-state index in [-0.39, 0.29) is 17.4 Å². The molecule has 0 bridgehead atoms. The van der Waals surface area contributed by atoms with Crippen LogP contribution in [0.4, 0.5) is 11.4 Å². The monoisotopic (exact) mass is 482 g/mol. The number of methoxy groups -OCH3 is 2. The number of ether oxygens (including phenoxy) is 3. The number of anilines is 1. The molecule has 0 radical (unpaired) electrons. The van der Waals surface area contributed by atoms with Crippen molar-refractivity contribution in [1.29, 1.82) is 0 Å². The van der Waals surface area contributed by atoms with Crippen molar-refractivity contribution in [2.75, 3.05) is 19.5 Å². The molecule has 0 unspecified atom stereocenters. The molecule has 34 heavy (non-hydrogen) atoms. The lowest BCUT2D eigenvalue weighted by molar-refractivity contribution is -0.384. The molecule has 0 aromatic heterocycles. The Kier molecular flexibility index (Phi) is 8.19. The van der Waals surface area contributed by atoms with Crippen molar-refractivity contribution in [3.63, 3.8) is 0 Å². The summed E-state index contributed by atoms with van der Waals surface area (Å²) >= 11 is 5.23. The Morgan fingerprint density at radius 1 is 0.971 bits per heavy atom. The van der Waals surface area contributed by atoms with Crippen molar-refractivity contribution in [3.05, 3.63) is 88.0 Å². The van der Waals surface area contributed by atoms with Gasteiger partial charge in [0.15, 0.2) is 5.11 Å². The molecule has 0 heterocycles. The molecular weight excluding hydrogens is 460 g/mol. The van der Waals surface area contributed by atoms with E-state index in [4.69, 9.17) is 26.4 Å². The summed E-state index contributed by atoms with van der Waals surface area (Å²) in [5.74, 6) is 1.23. The van der Waals surface area contributed by atoms with E-state index in [2.05, 4.69) is 16.2 Å². The summed E-state index contributed by atoms with van der Waals surface area (Å²) < 4.78 is 16.1. The molecule has 0 aliphatic carbocycles. The van der Waals surface area contributed by atoms with Crippen molar-refractivity contribution in [2.24, 2.45) is 0 Å². The summed E-state index contributed by atoms with van der Waals surface area (Å²) in [7, 11) is 3.08. The van der Waals surface area contributed by atoms with Gasteiger partial charge in [-0.3, -0.25) is 25.8 Å². The van der Waals surface area contributed by atoms with Gasteiger partial charge in [0.25, 0.3) is 11.6 Å². The lowest BCUT2D eigenvalue weighted by Crippen LogP contribution is -2.43. The van der Waals surface area contributed by atoms with Crippen molar-refractivity contribution in [3.8, 4) is 17.2 Å². The Balaban J connectivity index is 1.53. The van der Waals surface area contributed by atoms with E-state index in [1.54, 1.807) is 49.6 Å². The quantitative estimate of drug-likeness (QED) is 0.250. The molecule has 0 aliphatic rings. The zero-order valence-electron chi connectivity index (χ0n) is 18.4. The van der Waals surface area contributed by atoms with Gasteiger partial charge in [0, 0.05) is 23.8 Å². The summed E-state index contributed by atoms with van der Waals surface area (Å²) in [6.45, 7) is 0.184. The molecular formula is C23H22N4O6S. The van der Waals surface area contributed by atoms with Crippen LogP contribution in [0.2, 0.25) is 0 Å². The minimum absolute atomic E-state index is 0.0173. The third-order valence-corrected chi connectivity index (χ3v) is 4.79. The summed E-state index contributed by atoms with van der Waals surface area (Å²) in [5, 5.41) is 13.8. The van der Waals surface area contributed by atoms with Crippen LogP contribution in [0.15, 0.2) is 66.7 Å². The molecule has 1 amide bonds. The zero-order valence-corrected chi connectivity index (χ0v) is 19.2. The summed E-state index contributed by atoms with van der Waals surface area (Å²) in [6.07, 6.45) is 0. The molecule has 0 saturated carbocycles. The molecule has 0 saturated heterocycles. The minimum atomic E-state index is -0.478. The van der Waals surface area contributed by atoms with E-state index in [1.165, 1.54) is 31.4 Å². The second-order valence-corrected chi connectivity index (χ2v) is 7.25. The van der Waals surface area contributed by atoms with Crippen LogP contribution in [-0.2, 0) is 6.61 Å². The molecule has 0 atom stereocenters. The number of hydrogen-bond acceptors (Lipinski definition) is 7. The highest BCUT2D eigenvalue weighted by Crippen LogP contribution is 2.28. The maximum absolute atomic E-state index is 12.5. The third kappa shape index (κ3) is 6.56. The molecule has 0 aliphatic heterocycles. The molecule has 11 heteroatoms. The number of hydrogen-bond donors (Lipinski definition) is 3. The first kappa shape index (κ1) is 24.3. The molecule has 3 N–H and O–H groups in total. The summed E-state index contributed by atoms with van der Waals surface area (Å²) in [4.78, 5) is 22.8. The normalized spacial score (nSPS) is 10.1. The van der Waals surface area contributed by atoms with Crippen LogP contribution >= 0.6 is 12.2 Å². The Morgan fingerprint density at radius 3 is 2.38 bits per heavy atom. The number of nitrogens with one attached hydrogen (secondary N) is 3. The molecule has 10 nitrogen and oxygen atoms in total. The van der Waals surface area contributed by atoms with E-state index in [9.17, 15) is 14.9 Å². The average molecular weight is 483 g/mol. The van der Waals surface area contributed by atoms with E-state index >= 15 is 0 Å². The first-order valence-corrected chi connectivity index (χ1v) is 10.4. The number of nitro groups is 1. The topological polar surface area (TPSA) is 124 Å². The Labute approximate surface area is 201 Å². The number of nitro benzene ring substituents is 1. The molecule has 3 aromatic carbocycles. The number of rotatable bonds is 8. The standard InChI is InChI=1S/C23H22N4O6S/c1-31-19-10-11-20(21(13-19)32-2)24-23(34)26-25-22(28)16-5-3-4-15(12-16)14-33-18-8-6-17(7-9-18)27(29)30/h3-13H,14H2,1-2H3,(H,25,28)(H2,24,26,34). The lowest BCUT2D eigenvalue weighted by atomic mass is 10.1. The fourth-order valence-corrected chi connectivity index (χ4v) is 3.04. The van der Waals surface area contributed by atoms with Gasteiger partial charge in [0.1, 0.15) is 23.9 Å². The minimum Gasteiger partial charge on any atom is -0.497 e. The SMILES string of the molecule is COc1ccc(NC(=S)NNC(=O)c2cccc(COc3ccc([N+](=O)[O-])cc3)c2)c(OC)c1. The number of thiocarbonyl (C=S) groups is 1. The van der Waals surface area contributed by atoms with E-state index < -0.39 is 10.8 Å². The first-order valence-electron chi connectivity index (χ1n) is 9.95. The number of carbonyl (C=O) groups is 1. The molecule has 0 spiro atoms. The van der Waals surface area contributed by atoms with Crippen LogP contribution < -0.4 is 30.4 Å². The number of non-ortho nitro benzene ring substituents is 1. The van der Waals surface area contributed by atoms with Gasteiger partial charge in [-0.05, 0) is 54.2 Å². The van der Waals surface area contributed by atoms with Crippen LogP contribution in [0, 0.1) is 10.1 Å². The molecule has 0 fully saturated rings. The lowest BCUT2D eigenvalue weighted by Gasteiger charge is -2.15. The smallest absolute Gasteiger partial charge is 0.269 e. The summed E-state index contributed by atoms with van der Waals surface area (Å²) in [6, 6.07) is 17.8. The number of hydrazine groups is 1. The maximum Gasteiger partial charge on any atom is 0.269 e. The van der Waals surface area contributed by atoms with Gasteiger partial charge in [-0.25, -0.2) is 0 Å². The first-order chi connectivity index (χ1) is 16.4. The molecule has 176 valence electrons. The number of carbonyl (C=O) groups excluding carboxylic acids is 1. The van der Waals surface area contributed by atoms with Crippen LogP contribution in [0.1, 0.15) is 15.9 Å². The highest BCUT2D eigenvalue weighted by atomic mass is 32.1. The van der Waals surface area contributed by atoms with Crippen molar-refractivity contribution >= 4 is 34.6 Å². The zero-order chi connectivity index (χ0) is 24.5. The molecule has 3 rings (SSSR count). The van der Waals surface area contributed by atoms with Gasteiger partial charge in [-0.2, -0.15) is 0 Å². The number of amides is 1. The van der Waals surface area contributed by atoms with E-state index in [0.717, 1.165) is 5.56 Å².